The summed E-state index contributed by atoms with van der Waals surface area (Å²) in [6.07, 6.45) is 0. The summed E-state index contributed by atoms with van der Waals surface area (Å²) < 4.78 is 13.8. The van der Waals surface area contributed by atoms with E-state index in [0.717, 1.165) is 18.1 Å². The van der Waals surface area contributed by atoms with E-state index in [4.69, 9.17) is 0 Å². The van der Waals surface area contributed by atoms with Crippen LogP contribution in [0.1, 0.15) is 20.8 Å². The molecule has 0 amide bonds. The zero-order chi connectivity index (χ0) is 12.3. The van der Waals surface area contributed by atoms with E-state index in [2.05, 4.69) is 4.98 Å². The maximum absolute atomic E-state index is 13.8. The molecule has 0 atom stereocenters. The van der Waals surface area contributed by atoms with Gasteiger partial charge in [-0.3, -0.25) is 9.78 Å². The Morgan fingerprint density at radius 2 is 1.56 bits per heavy atom. The van der Waals surface area contributed by atoms with Gasteiger partial charge in [-0.05, 0) is 0 Å². The third-order valence-corrected chi connectivity index (χ3v) is 8.91. The summed E-state index contributed by atoms with van der Waals surface area (Å²) in [7, 11) is -2.05. The molecule has 0 saturated carbocycles. The molecule has 0 aliphatic carbocycles. The molecule has 0 unspecified atom stereocenters. The molecule has 0 bridgehead atoms. The van der Waals surface area contributed by atoms with Gasteiger partial charge >= 0.3 is 5.69 Å². The highest BCUT2D eigenvalue weighted by molar-refractivity contribution is 6.91. The van der Waals surface area contributed by atoms with Crippen LogP contribution in [-0.2, 0) is 0 Å². The summed E-state index contributed by atoms with van der Waals surface area (Å²) in [4.78, 5) is 26.8. The summed E-state index contributed by atoms with van der Waals surface area (Å²) in [5.41, 5.74) is -1.53. The molecule has 16 heavy (non-hydrogen) atoms. The molecule has 6 heteroatoms. The Hall–Kier alpha value is -1.17. The number of halogens is 1. The lowest BCUT2D eigenvalue weighted by atomic mass is 10.6. The Morgan fingerprint density at radius 3 is 2.00 bits per heavy atom. The normalized spacial score (nSPS) is 11.8. The Labute approximate surface area is 93.9 Å². The van der Waals surface area contributed by atoms with E-state index in [1.54, 1.807) is 0 Å². The van der Waals surface area contributed by atoms with Crippen molar-refractivity contribution in [2.75, 3.05) is 0 Å². The van der Waals surface area contributed by atoms with Gasteiger partial charge in [-0.25, -0.2) is 4.79 Å². The number of aromatic amines is 2. The summed E-state index contributed by atoms with van der Waals surface area (Å²) in [6, 6.07) is 2.45. The molecular formula is C10H17FN2O2Si. The van der Waals surface area contributed by atoms with E-state index >= 15 is 0 Å². The molecular weight excluding hydrogens is 227 g/mol. The first-order chi connectivity index (χ1) is 7.50. The molecule has 0 aromatic carbocycles. The minimum Gasteiger partial charge on any atom is -0.312 e. The van der Waals surface area contributed by atoms with Gasteiger partial charge in [-0.1, -0.05) is 38.9 Å². The topological polar surface area (TPSA) is 65.7 Å². The van der Waals surface area contributed by atoms with Gasteiger partial charge in [0.1, 0.15) is 8.07 Å². The molecule has 2 N–H and O–H groups in total. The molecule has 1 heterocycles. The van der Waals surface area contributed by atoms with Gasteiger partial charge in [0.25, 0.3) is 5.56 Å². The average Bonchev–Trinajstić information content (AvgIpc) is 2.28. The largest absolute Gasteiger partial charge is 0.325 e. The molecule has 0 fully saturated rings. The van der Waals surface area contributed by atoms with Gasteiger partial charge in [-0.2, -0.15) is 4.39 Å². The van der Waals surface area contributed by atoms with Crippen LogP contribution in [0.3, 0.4) is 0 Å². The van der Waals surface area contributed by atoms with Crippen LogP contribution in [0.25, 0.3) is 0 Å². The number of nitrogens with one attached hydrogen (secondary N) is 2. The minimum absolute atomic E-state index is 0.272. The van der Waals surface area contributed by atoms with Gasteiger partial charge < -0.3 is 4.98 Å². The lowest BCUT2D eigenvalue weighted by Gasteiger charge is -2.27. The van der Waals surface area contributed by atoms with Gasteiger partial charge in [0.2, 0.25) is 5.82 Å². The van der Waals surface area contributed by atoms with Crippen molar-refractivity contribution in [2.24, 2.45) is 0 Å². The van der Waals surface area contributed by atoms with E-state index < -0.39 is 25.1 Å². The highest BCUT2D eigenvalue weighted by Crippen LogP contribution is 2.19. The van der Waals surface area contributed by atoms with Crippen molar-refractivity contribution < 1.29 is 4.39 Å². The van der Waals surface area contributed by atoms with Crippen molar-refractivity contribution in [3.63, 3.8) is 0 Å². The molecule has 4 nitrogen and oxygen atoms in total. The van der Waals surface area contributed by atoms with Crippen molar-refractivity contribution >= 4 is 13.4 Å². The molecule has 1 rings (SSSR count). The van der Waals surface area contributed by atoms with Crippen LogP contribution < -0.4 is 16.6 Å². The Morgan fingerprint density at radius 1 is 1.06 bits per heavy atom. The highest BCUT2D eigenvalue weighted by atomic mass is 28.3. The minimum atomic E-state index is -2.05. The third kappa shape index (κ3) is 2.02. The van der Waals surface area contributed by atoms with Crippen LogP contribution >= 0.6 is 0 Å². The molecule has 0 spiro atoms. The smallest absolute Gasteiger partial charge is 0.312 e. The predicted molar refractivity (Wildman–Crippen MR) is 64.5 cm³/mol. The van der Waals surface area contributed by atoms with E-state index in [9.17, 15) is 14.0 Å². The summed E-state index contributed by atoms with van der Waals surface area (Å²) in [6.45, 7) is 5.95. The van der Waals surface area contributed by atoms with E-state index in [1.807, 2.05) is 25.8 Å². The maximum Gasteiger partial charge on any atom is 0.325 e. The number of H-pyrrole nitrogens is 2. The lowest BCUT2D eigenvalue weighted by Crippen LogP contribution is -2.54. The van der Waals surface area contributed by atoms with Crippen LogP contribution in [-0.4, -0.2) is 18.0 Å². The van der Waals surface area contributed by atoms with Crippen molar-refractivity contribution in [2.45, 2.75) is 38.9 Å². The standard InChI is InChI=1S/C10H17FN2O2Si/c1-4-16(5-2,6-3)9-7(11)8(14)12-10(15)13-9/h4-6H2,1-3H3,(H2,12,13,14,15). The Kier molecular flexibility index (Phi) is 3.85. The highest BCUT2D eigenvalue weighted by Gasteiger charge is 2.34. The van der Waals surface area contributed by atoms with E-state index in [0.29, 0.717) is 0 Å². The monoisotopic (exact) mass is 244 g/mol. The molecule has 1 aromatic rings. The molecule has 1 aromatic heterocycles. The van der Waals surface area contributed by atoms with Crippen LogP contribution in [0.4, 0.5) is 4.39 Å². The van der Waals surface area contributed by atoms with Gasteiger partial charge in [0.05, 0.1) is 0 Å². The molecule has 0 radical (unpaired) electrons. The molecule has 0 saturated heterocycles. The zero-order valence-electron chi connectivity index (χ0n) is 9.82. The third-order valence-electron chi connectivity index (χ3n) is 3.45. The van der Waals surface area contributed by atoms with E-state index in [-0.39, 0.29) is 5.32 Å². The summed E-state index contributed by atoms with van der Waals surface area (Å²) >= 11 is 0. The number of rotatable bonds is 4. The van der Waals surface area contributed by atoms with Crippen LogP contribution in [0.2, 0.25) is 18.1 Å². The van der Waals surface area contributed by atoms with Crippen LogP contribution in [0, 0.1) is 5.82 Å². The predicted octanol–water partition coefficient (Wildman–Crippen LogP) is 0.918. The quantitative estimate of drug-likeness (QED) is 0.773. The Balaban J connectivity index is 3.52. The number of aromatic nitrogens is 2. The maximum atomic E-state index is 13.8. The van der Waals surface area contributed by atoms with Crippen molar-refractivity contribution in [1.82, 2.24) is 9.97 Å². The van der Waals surface area contributed by atoms with Gasteiger partial charge in [0, 0.05) is 5.32 Å². The molecule has 0 aliphatic rings. The van der Waals surface area contributed by atoms with Crippen molar-refractivity contribution in [3.8, 4) is 0 Å². The van der Waals surface area contributed by atoms with Crippen molar-refractivity contribution in [3.05, 3.63) is 26.7 Å². The molecule has 0 aliphatic heterocycles. The van der Waals surface area contributed by atoms with Crippen molar-refractivity contribution in [1.29, 1.82) is 0 Å². The second kappa shape index (κ2) is 4.78. The number of hydrogen-bond donors (Lipinski definition) is 2. The van der Waals surface area contributed by atoms with Crippen LogP contribution in [0.5, 0.6) is 0 Å². The fourth-order valence-electron chi connectivity index (χ4n) is 2.12. The van der Waals surface area contributed by atoms with Crippen LogP contribution in [0.15, 0.2) is 9.59 Å². The second-order valence-electron chi connectivity index (χ2n) is 3.94. The number of hydrogen-bond acceptors (Lipinski definition) is 2. The first-order valence-corrected chi connectivity index (χ1v) is 8.15. The first kappa shape index (κ1) is 12.9. The fourth-order valence-corrected chi connectivity index (χ4v) is 5.64. The summed E-state index contributed by atoms with van der Waals surface area (Å²) in [5, 5.41) is 0.272. The SMILES string of the molecule is CC[Si](CC)(CC)c1[nH]c(=O)[nH]c(=O)c1F. The first-order valence-electron chi connectivity index (χ1n) is 5.53. The van der Waals surface area contributed by atoms with Gasteiger partial charge in [0.15, 0.2) is 0 Å². The Bertz CT molecular complexity index is 468. The fraction of sp³-hybridized carbons (Fsp3) is 0.600. The zero-order valence-corrected chi connectivity index (χ0v) is 10.8. The lowest BCUT2D eigenvalue weighted by molar-refractivity contribution is 0.606. The summed E-state index contributed by atoms with van der Waals surface area (Å²) in [5.74, 6) is -0.809. The average molecular weight is 244 g/mol. The molecule has 90 valence electrons. The van der Waals surface area contributed by atoms with E-state index in [1.165, 1.54) is 0 Å². The second-order valence-corrected chi connectivity index (χ2v) is 9.12. The van der Waals surface area contributed by atoms with Gasteiger partial charge in [-0.15, -0.1) is 0 Å².